The smallest absolute Gasteiger partial charge is 0.235 e. The zero-order chi connectivity index (χ0) is 19.3. The Morgan fingerprint density at radius 2 is 1.93 bits per heavy atom. The van der Waals surface area contributed by atoms with E-state index in [1.807, 2.05) is 47.8 Å². The van der Waals surface area contributed by atoms with Crippen LogP contribution in [-0.2, 0) is 24.4 Å². The second-order valence-electron chi connectivity index (χ2n) is 6.81. The number of aromatic nitrogens is 1. The number of carbonyl (C=O) groups excluding carboxylic acids is 1. The van der Waals surface area contributed by atoms with Gasteiger partial charge in [-0.15, -0.1) is 11.3 Å². The van der Waals surface area contributed by atoms with Gasteiger partial charge < -0.3 is 10.1 Å². The molecular formula is C22H23N3O2S. The van der Waals surface area contributed by atoms with Crippen LogP contribution < -0.4 is 10.1 Å². The second-order valence-corrected chi connectivity index (χ2v) is 7.76. The van der Waals surface area contributed by atoms with Crippen molar-refractivity contribution in [1.29, 1.82) is 0 Å². The normalized spacial score (nSPS) is 16.9. The number of nitrogens with one attached hydrogen (secondary N) is 1. The van der Waals surface area contributed by atoms with Crippen molar-refractivity contribution < 1.29 is 9.53 Å². The molecule has 1 aliphatic rings. The van der Waals surface area contributed by atoms with Gasteiger partial charge >= 0.3 is 0 Å². The van der Waals surface area contributed by atoms with Gasteiger partial charge in [0.1, 0.15) is 18.5 Å². The summed E-state index contributed by atoms with van der Waals surface area (Å²) < 4.78 is 5.85. The Kier molecular flexibility index (Phi) is 5.69. The van der Waals surface area contributed by atoms with E-state index in [4.69, 9.17) is 4.74 Å². The SMILES string of the molecule is CCc1nc([C@@H]2NC(=O)CN2Cc2ccc(OCc3ccccc3)cc2)cs1. The van der Waals surface area contributed by atoms with E-state index in [-0.39, 0.29) is 12.1 Å². The lowest BCUT2D eigenvalue weighted by Gasteiger charge is -2.21. The number of aryl methyl sites for hydroxylation is 1. The minimum absolute atomic E-state index is 0.0406. The highest BCUT2D eigenvalue weighted by atomic mass is 32.1. The Labute approximate surface area is 169 Å². The highest BCUT2D eigenvalue weighted by molar-refractivity contribution is 7.09. The molecule has 1 aromatic heterocycles. The number of thiazole rings is 1. The molecule has 1 amide bonds. The van der Waals surface area contributed by atoms with Crippen molar-refractivity contribution in [3.05, 3.63) is 81.8 Å². The number of hydrogen-bond acceptors (Lipinski definition) is 5. The van der Waals surface area contributed by atoms with E-state index in [9.17, 15) is 4.79 Å². The summed E-state index contributed by atoms with van der Waals surface area (Å²) in [5.74, 6) is 0.880. The maximum Gasteiger partial charge on any atom is 0.235 e. The number of ether oxygens (including phenoxy) is 1. The summed E-state index contributed by atoms with van der Waals surface area (Å²) in [6.07, 6.45) is 0.758. The fourth-order valence-electron chi connectivity index (χ4n) is 3.25. The topological polar surface area (TPSA) is 54.5 Å². The van der Waals surface area contributed by atoms with Crippen LogP contribution in [0.5, 0.6) is 5.75 Å². The van der Waals surface area contributed by atoms with Crippen LogP contribution in [0, 0.1) is 0 Å². The van der Waals surface area contributed by atoms with Crippen molar-refractivity contribution in [2.45, 2.75) is 32.7 Å². The predicted octanol–water partition coefficient (Wildman–Crippen LogP) is 3.92. The zero-order valence-electron chi connectivity index (χ0n) is 15.8. The molecule has 0 radical (unpaired) electrons. The van der Waals surface area contributed by atoms with Crippen LogP contribution in [0.25, 0.3) is 0 Å². The Bertz CT molecular complexity index is 924. The summed E-state index contributed by atoms with van der Waals surface area (Å²) in [4.78, 5) is 18.7. The second kappa shape index (κ2) is 8.54. The van der Waals surface area contributed by atoms with Crippen molar-refractivity contribution in [2.75, 3.05) is 6.54 Å². The molecule has 0 unspecified atom stereocenters. The summed E-state index contributed by atoms with van der Waals surface area (Å²) in [7, 11) is 0. The van der Waals surface area contributed by atoms with Gasteiger partial charge in [0.25, 0.3) is 0 Å². The molecule has 2 aromatic carbocycles. The van der Waals surface area contributed by atoms with Gasteiger partial charge in [-0.2, -0.15) is 0 Å². The molecular weight excluding hydrogens is 370 g/mol. The van der Waals surface area contributed by atoms with E-state index in [1.54, 1.807) is 11.3 Å². The Morgan fingerprint density at radius 3 is 2.64 bits per heavy atom. The Balaban J connectivity index is 1.39. The molecule has 0 aliphatic carbocycles. The van der Waals surface area contributed by atoms with Gasteiger partial charge in [0.2, 0.25) is 5.91 Å². The molecule has 6 heteroatoms. The molecule has 144 valence electrons. The molecule has 1 fully saturated rings. The average molecular weight is 394 g/mol. The third-order valence-corrected chi connectivity index (χ3v) is 5.73. The molecule has 0 spiro atoms. The van der Waals surface area contributed by atoms with Gasteiger partial charge in [-0.1, -0.05) is 49.4 Å². The quantitative estimate of drug-likeness (QED) is 0.661. The molecule has 1 saturated heterocycles. The van der Waals surface area contributed by atoms with Gasteiger partial charge in [0.05, 0.1) is 17.2 Å². The summed E-state index contributed by atoms with van der Waals surface area (Å²) in [5.41, 5.74) is 3.21. The van der Waals surface area contributed by atoms with Gasteiger partial charge in [-0.05, 0) is 29.7 Å². The fraction of sp³-hybridized carbons (Fsp3) is 0.273. The number of hydrogen-bond donors (Lipinski definition) is 1. The van der Waals surface area contributed by atoms with E-state index < -0.39 is 0 Å². The lowest BCUT2D eigenvalue weighted by Crippen LogP contribution is -2.27. The maximum absolute atomic E-state index is 12.0. The maximum atomic E-state index is 12.0. The van der Waals surface area contributed by atoms with Crippen LogP contribution in [0.2, 0.25) is 0 Å². The molecule has 28 heavy (non-hydrogen) atoms. The highest BCUT2D eigenvalue weighted by Gasteiger charge is 2.32. The van der Waals surface area contributed by atoms with Crippen LogP contribution in [-0.4, -0.2) is 22.3 Å². The molecule has 4 rings (SSSR count). The molecule has 1 atom stereocenters. The van der Waals surface area contributed by atoms with E-state index in [1.165, 1.54) is 0 Å². The van der Waals surface area contributed by atoms with Crippen molar-refractivity contribution in [2.24, 2.45) is 0 Å². The zero-order valence-corrected chi connectivity index (χ0v) is 16.6. The lowest BCUT2D eigenvalue weighted by molar-refractivity contribution is -0.118. The van der Waals surface area contributed by atoms with Crippen LogP contribution >= 0.6 is 11.3 Å². The standard InChI is InChI=1S/C22H23N3O2S/c1-2-21-23-19(15-28-21)22-24-20(26)13-25(22)12-16-8-10-18(11-9-16)27-14-17-6-4-3-5-7-17/h3-11,15,22H,2,12-14H2,1H3,(H,24,26)/t22-/m1/s1. The van der Waals surface area contributed by atoms with Gasteiger partial charge in [0.15, 0.2) is 0 Å². The first-order valence-electron chi connectivity index (χ1n) is 9.44. The third kappa shape index (κ3) is 4.40. The number of nitrogens with zero attached hydrogens (tertiary/aromatic N) is 2. The van der Waals surface area contributed by atoms with Gasteiger partial charge in [-0.3, -0.25) is 9.69 Å². The van der Waals surface area contributed by atoms with Gasteiger partial charge in [-0.25, -0.2) is 4.98 Å². The number of amides is 1. The minimum atomic E-state index is -0.155. The van der Waals surface area contributed by atoms with Crippen molar-refractivity contribution in [1.82, 2.24) is 15.2 Å². The van der Waals surface area contributed by atoms with Crippen LogP contribution in [0.15, 0.2) is 60.0 Å². The number of rotatable bonds is 7. The summed E-state index contributed by atoms with van der Waals surface area (Å²) in [6, 6.07) is 18.2. The summed E-state index contributed by atoms with van der Waals surface area (Å²) in [5, 5.41) is 6.17. The summed E-state index contributed by atoms with van der Waals surface area (Å²) in [6.45, 7) is 3.71. The van der Waals surface area contributed by atoms with E-state index in [0.29, 0.717) is 19.7 Å². The number of benzene rings is 2. The molecule has 0 bridgehead atoms. The van der Waals surface area contributed by atoms with E-state index in [2.05, 4.69) is 34.3 Å². The van der Waals surface area contributed by atoms with Crippen molar-refractivity contribution >= 4 is 17.2 Å². The fourth-order valence-corrected chi connectivity index (χ4v) is 4.02. The predicted molar refractivity (Wildman–Crippen MR) is 110 cm³/mol. The lowest BCUT2D eigenvalue weighted by atomic mass is 10.2. The third-order valence-electron chi connectivity index (χ3n) is 4.72. The van der Waals surface area contributed by atoms with Crippen LogP contribution in [0.4, 0.5) is 0 Å². The molecule has 5 nitrogen and oxygen atoms in total. The van der Waals surface area contributed by atoms with Crippen LogP contribution in [0.3, 0.4) is 0 Å². The largest absolute Gasteiger partial charge is 0.489 e. The first-order valence-corrected chi connectivity index (χ1v) is 10.3. The molecule has 2 heterocycles. The Morgan fingerprint density at radius 1 is 1.14 bits per heavy atom. The molecule has 1 aliphatic heterocycles. The van der Waals surface area contributed by atoms with Gasteiger partial charge in [0, 0.05) is 11.9 Å². The monoisotopic (exact) mass is 393 g/mol. The summed E-state index contributed by atoms with van der Waals surface area (Å²) >= 11 is 1.65. The molecule has 1 N–H and O–H groups in total. The first-order chi connectivity index (χ1) is 13.7. The number of carbonyl (C=O) groups is 1. The Hall–Kier alpha value is -2.70. The minimum Gasteiger partial charge on any atom is -0.489 e. The molecule has 0 saturated carbocycles. The average Bonchev–Trinajstić information content (AvgIpc) is 3.34. The van der Waals surface area contributed by atoms with Crippen molar-refractivity contribution in [3.63, 3.8) is 0 Å². The molecule has 3 aromatic rings. The first kappa shape index (κ1) is 18.7. The highest BCUT2D eigenvalue weighted by Crippen LogP contribution is 2.26. The van der Waals surface area contributed by atoms with E-state index in [0.717, 1.165) is 34.0 Å². The van der Waals surface area contributed by atoms with Crippen molar-refractivity contribution in [3.8, 4) is 5.75 Å². The van der Waals surface area contributed by atoms with E-state index >= 15 is 0 Å². The van der Waals surface area contributed by atoms with Crippen LogP contribution in [0.1, 0.15) is 34.9 Å².